The van der Waals surface area contributed by atoms with Crippen LogP contribution in [0.15, 0.2) is 30.3 Å². The van der Waals surface area contributed by atoms with E-state index in [-0.39, 0.29) is 0 Å². The Morgan fingerprint density at radius 3 is 2.24 bits per heavy atom. The molecular formula is C14H22O3. The molecule has 3 nitrogen and oxygen atoms in total. The molecule has 96 valence electrons. The molecule has 0 amide bonds. The lowest BCUT2D eigenvalue weighted by Gasteiger charge is -2.36. The molecule has 1 aromatic rings. The SMILES string of the molecule is COC.OC1(COCc2ccccc2)CCC1. The quantitative estimate of drug-likeness (QED) is 0.875. The third-order valence-electron chi connectivity index (χ3n) is 2.77. The van der Waals surface area contributed by atoms with E-state index in [1.807, 2.05) is 30.3 Å². The summed E-state index contributed by atoms with van der Waals surface area (Å²) < 4.78 is 9.73. The second-order valence-electron chi connectivity index (χ2n) is 4.46. The molecular weight excluding hydrogens is 216 g/mol. The van der Waals surface area contributed by atoms with Gasteiger partial charge in [-0.3, -0.25) is 0 Å². The van der Waals surface area contributed by atoms with Gasteiger partial charge in [-0.2, -0.15) is 0 Å². The van der Waals surface area contributed by atoms with Crippen molar-refractivity contribution in [3.05, 3.63) is 35.9 Å². The van der Waals surface area contributed by atoms with Gasteiger partial charge in [-0.05, 0) is 24.8 Å². The minimum atomic E-state index is -0.519. The fraction of sp³-hybridized carbons (Fsp3) is 0.571. The van der Waals surface area contributed by atoms with Gasteiger partial charge in [0.2, 0.25) is 0 Å². The highest BCUT2D eigenvalue weighted by Crippen LogP contribution is 2.31. The summed E-state index contributed by atoms with van der Waals surface area (Å²) in [4.78, 5) is 0. The van der Waals surface area contributed by atoms with Crippen LogP contribution in [0.5, 0.6) is 0 Å². The summed E-state index contributed by atoms with van der Waals surface area (Å²) in [6.45, 7) is 1.07. The van der Waals surface area contributed by atoms with E-state index in [9.17, 15) is 5.11 Å². The van der Waals surface area contributed by atoms with Crippen molar-refractivity contribution in [3.8, 4) is 0 Å². The van der Waals surface area contributed by atoms with E-state index in [1.54, 1.807) is 14.2 Å². The molecule has 1 N–H and O–H groups in total. The molecule has 1 aliphatic carbocycles. The second-order valence-corrected chi connectivity index (χ2v) is 4.46. The van der Waals surface area contributed by atoms with Crippen molar-refractivity contribution in [2.75, 3.05) is 20.8 Å². The number of hydrogen-bond acceptors (Lipinski definition) is 3. The van der Waals surface area contributed by atoms with Crippen molar-refractivity contribution < 1.29 is 14.6 Å². The van der Waals surface area contributed by atoms with E-state index >= 15 is 0 Å². The van der Waals surface area contributed by atoms with Gasteiger partial charge >= 0.3 is 0 Å². The maximum Gasteiger partial charge on any atom is 0.0880 e. The van der Waals surface area contributed by atoms with Crippen molar-refractivity contribution in [2.45, 2.75) is 31.5 Å². The summed E-state index contributed by atoms with van der Waals surface area (Å²) >= 11 is 0. The fourth-order valence-corrected chi connectivity index (χ4v) is 1.66. The average Bonchev–Trinajstić information content (AvgIpc) is 2.29. The van der Waals surface area contributed by atoms with Gasteiger partial charge in [0.05, 0.1) is 18.8 Å². The average molecular weight is 238 g/mol. The molecule has 0 bridgehead atoms. The summed E-state index contributed by atoms with van der Waals surface area (Å²) in [5.41, 5.74) is 0.643. The summed E-state index contributed by atoms with van der Waals surface area (Å²) in [5, 5.41) is 9.76. The highest BCUT2D eigenvalue weighted by Gasteiger charge is 2.34. The van der Waals surface area contributed by atoms with Gasteiger partial charge in [0, 0.05) is 14.2 Å². The van der Waals surface area contributed by atoms with Crippen LogP contribution < -0.4 is 0 Å². The largest absolute Gasteiger partial charge is 0.388 e. The highest BCUT2D eigenvalue weighted by atomic mass is 16.5. The van der Waals surface area contributed by atoms with Crippen LogP contribution >= 0.6 is 0 Å². The van der Waals surface area contributed by atoms with Crippen LogP contribution in [0.3, 0.4) is 0 Å². The third kappa shape index (κ3) is 5.31. The van der Waals surface area contributed by atoms with E-state index in [0.29, 0.717) is 13.2 Å². The topological polar surface area (TPSA) is 38.7 Å². The Balaban J connectivity index is 0.000000437. The normalized spacial score (nSPS) is 16.6. The van der Waals surface area contributed by atoms with Crippen LogP contribution in [0.25, 0.3) is 0 Å². The predicted octanol–water partition coefficient (Wildman–Crippen LogP) is 2.38. The van der Waals surface area contributed by atoms with Crippen LogP contribution in [0.1, 0.15) is 24.8 Å². The molecule has 0 aromatic heterocycles. The summed E-state index contributed by atoms with van der Waals surface area (Å²) in [7, 11) is 3.25. The standard InChI is InChI=1S/C12H16O2.C2H6O/c13-12(7-4-8-12)10-14-9-11-5-2-1-3-6-11;1-3-2/h1-3,5-6,13H,4,7-10H2;1-2H3. The first-order valence-electron chi connectivity index (χ1n) is 5.94. The van der Waals surface area contributed by atoms with Crippen molar-refractivity contribution in [1.29, 1.82) is 0 Å². The zero-order valence-corrected chi connectivity index (χ0v) is 10.7. The number of rotatable bonds is 4. The molecule has 1 aromatic carbocycles. The molecule has 1 saturated carbocycles. The Morgan fingerprint density at radius 1 is 1.18 bits per heavy atom. The van der Waals surface area contributed by atoms with E-state index in [2.05, 4.69) is 4.74 Å². The Labute approximate surface area is 103 Å². The number of ether oxygens (including phenoxy) is 2. The van der Waals surface area contributed by atoms with Crippen molar-refractivity contribution in [3.63, 3.8) is 0 Å². The second kappa shape index (κ2) is 7.43. The summed E-state index contributed by atoms with van der Waals surface area (Å²) in [6.07, 6.45) is 2.91. The van der Waals surface area contributed by atoms with Gasteiger partial charge in [-0.25, -0.2) is 0 Å². The van der Waals surface area contributed by atoms with Crippen molar-refractivity contribution >= 4 is 0 Å². The number of methoxy groups -OCH3 is 1. The van der Waals surface area contributed by atoms with Gasteiger partial charge in [0.1, 0.15) is 0 Å². The van der Waals surface area contributed by atoms with E-state index < -0.39 is 5.60 Å². The minimum Gasteiger partial charge on any atom is -0.388 e. The van der Waals surface area contributed by atoms with Gasteiger partial charge in [0.25, 0.3) is 0 Å². The van der Waals surface area contributed by atoms with Crippen LogP contribution in [0, 0.1) is 0 Å². The third-order valence-corrected chi connectivity index (χ3v) is 2.77. The number of hydrogen-bond donors (Lipinski definition) is 1. The van der Waals surface area contributed by atoms with Gasteiger partial charge < -0.3 is 14.6 Å². The molecule has 0 aliphatic heterocycles. The predicted molar refractivity (Wildman–Crippen MR) is 67.8 cm³/mol. The van der Waals surface area contributed by atoms with E-state index in [1.165, 1.54) is 0 Å². The molecule has 0 heterocycles. The molecule has 1 fully saturated rings. The molecule has 17 heavy (non-hydrogen) atoms. The molecule has 2 rings (SSSR count). The van der Waals surface area contributed by atoms with Crippen LogP contribution in [-0.4, -0.2) is 31.5 Å². The first-order chi connectivity index (χ1) is 8.20. The molecule has 0 spiro atoms. The van der Waals surface area contributed by atoms with Gasteiger partial charge in [-0.1, -0.05) is 30.3 Å². The molecule has 0 atom stereocenters. The van der Waals surface area contributed by atoms with Crippen LogP contribution in [-0.2, 0) is 16.1 Å². The fourth-order valence-electron chi connectivity index (χ4n) is 1.66. The van der Waals surface area contributed by atoms with E-state index in [0.717, 1.165) is 24.8 Å². The molecule has 0 unspecified atom stereocenters. The summed E-state index contributed by atoms with van der Waals surface area (Å²) in [5.74, 6) is 0. The molecule has 1 aliphatic rings. The Hall–Kier alpha value is -0.900. The lowest BCUT2D eigenvalue weighted by atomic mass is 9.81. The zero-order chi connectivity index (χ0) is 12.6. The minimum absolute atomic E-state index is 0.474. The van der Waals surface area contributed by atoms with E-state index in [4.69, 9.17) is 4.74 Å². The van der Waals surface area contributed by atoms with Crippen LogP contribution in [0.2, 0.25) is 0 Å². The van der Waals surface area contributed by atoms with Gasteiger partial charge in [0.15, 0.2) is 0 Å². The summed E-state index contributed by atoms with van der Waals surface area (Å²) in [6, 6.07) is 10.0. The molecule has 3 heteroatoms. The smallest absolute Gasteiger partial charge is 0.0880 e. The lowest BCUT2D eigenvalue weighted by Crippen LogP contribution is -2.41. The Morgan fingerprint density at radius 2 is 1.76 bits per heavy atom. The Kier molecular flexibility index (Phi) is 6.19. The maximum atomic E-state index is 9.76. The zero-order valence-electron chi connectivity index (χ0n) is 10.7. The van der Waals surface area contributed by atoms with Gasteiger partial charge in [-0.15, -0.1) is 0 Å². The lowest BCUT2D eigenvalue weighted by molar-refractivity contribution is -0.0996. The first kappa shape index (κ1) is 14.2. The first-order valence-corrected chi connectivity index (χ1v) is 5.94. The number of benzene rings is 1. The molecule has 0 radical (unpaired) electrons. The van der Waals surface area contributed by atoms with Crippen LogP contribution in [0.4, 0.5) is 0 Å². The number of aliphatic hydroxyl groups is 1. The molecule has 0 saturated heterocycles. The maximum absolute atomic E-state index is 9.76. The monoisotopic (exact) mass is 238 g/mol. The van der Waals surface area contributed by atoms with Crippen molar-refractivity contribution in [2.24, 2.45) is 0 Å². The highest BCUT2D eigenvalue weighted by molar-refractivity contribution is 5.13. The van der Waals surface area contributed by atoms with Crippen molar-refractivity contribution in [1.82, 2.24) is 0 Å². The Bertz CT molecular complexity index is 294.